The zero-order chi connectivity index (χ0) is 18.1. The van der Waals surface area contributed by atoms with Crippen LogP contribution < -0.4 is 0 Å². The van der Waals surface area contributed by atoms with E-state index in [4.69, 9.17) is 4.74 Å². The van der Waals surface area contributed by atoms with Crippen LogP contribution in [0.1, 0.15) is 11.8 Å². The Bertz CT molecular complexity index is 889. The molecule has 1 saturated heterocycles. The van der Waals surface area contributed by atoms with Crippen molar-refractivity contribution >= 4 is 22.8 Å². The third-order valence-electron chi connectivity index (χ3n) is 4.48. The zero-order valence-electron chi connectivity index (χ0n) is 13.8. The molecule has 2 aromatic heterocycles. The van der Waals surface area contributed by atoms with E-state index in [-0.39, 0.29) is 6.61 Å². The van der Waals surface area contributed by atoms with E-state index in [0.717, 1.165) is 16.2 Å². The van der Waals surface area contributed by atoms with Gasteiger partial charge in [-0.3, -0.25) is 0 Å². The molecule has 136 valence electrons. The number of ether oxygens (including phenoxy) is 1. The van der Waals surface area contributed by atoms with Gasteiger partial charge < -0.3 is 24.6 Å². The molecule has 8 heteroatoms. The molecule has 1 aliphatic rings. The molecule has 3 heterocycles. The molecule has 3 N–H and O–H groups in total. The highest BCUT2D eigenvalue weighted by Crippen LogP contribution is 2.34. The van der Waals surface area contributed by atoms with Crippen LogP contribution >= 0.6 is 11.8 Å². The van der Waals surface area contributed by atoms with Crippen LogP contribution in [0.4, 0.5) is 0 Å². The van der Waals surface area contributed by atoms with Crippen LogP contribution in [0.2, 0.25) is 0 Å². The lowest BCUT2D eigenvalue weighted by Gasteiger charge is -2.17. The Hall–Kier alpha value is -1.97. The second-order valence-electron chi connectivity index (χ2n) is 6.14. The van der Waals surface area contributed by atoms with Crippen LogP contribution in [-0.4, -0.2) is 54.8 Å². The van der Waals surface area contributed by atoms with Crippen molar-refractivity contribution < 1.29 is 20.1 Å². The van der Waals surface area contributed by atoms with E-state index in [2.05, 4.69) is 22.1 Å². The lowest BCUT2D eigenvalue weighted by Crippen LogP contribution is -2.33. The summed E-state index contributed by atoms with van der Waals surface area (Å²) in [6.07, 6.45) is -0.670. The average Bonchev–Trinajstić information content (AvgIpc) is 3.23. The molecule has 7 nitrogen and oxygen atoms in total. The van der Waals surface area contributed by atoms with E-state index in [0.29, 0.717) is 5.65 Å². The zero-order valence-corrected chi connectivity index (χ0v) is 14.7. The van der Waals surface area contributed by atoms with Crippen molar-refractivity contribution in [2.75, 3.05) is 6.61 Å². The van der Waals surface area contributed by atoms with Gasteiger partial charge in [-0.15, -0.1) is 11.8 Å². The minimum absolute atomic E-state index is 0.360. The van der Waals surface area contributed by atoms with Gasteiger partial charge in [-0.25, -0.2) is 9.97 Å². The number of hydrogen-bond acceptors (Lipinski definition) is 7. The Morgan fingerprint density at radius 3 is 2.62 bits per heavy atom. The maximum absolute atomic E-state index is 10.3. The summed E-state index contributed by atoms with van der Waals surface area (Å²) >= 11 is 1.61. The topological polar surface area (TPSA) is 101 Å². The molecule has 4 rings (SSSR count). The van der Waals surface area contributed by atoms with Gasteiger partial charge in [0.05, 0.1) is 12.0 Å². The highest BCUT2D eigenvalue weighted by molar-refractivity contribution is 7.98. The summed E-state index contributed by atoms with van der Waals surface area (Å²) in [6, 6.07) is 12.0. The molecule has 0 spiro atoms. The van der Waals surface area contributed by atoms with Crippen molar-refractivity contribution in [1.82, 2.24) is 14.5 Å². The fraction of sp³-hybridized carbons (Fsp3) is 0.333. The summed E-state index contributed by atoms with van der Waals surface area (Å²) in [5.74, 6) is 0.784. The third kappa shape index (κ3) is 3.10. The molecule has 0 amide bonds. The minimum Gasteiger partial charge on any atom is -0.394 e. The van der Waals surface area contributed by atoms with Crippen LogP contribution in [0, 0.1) is 0 Å². The Labute approximate surface area is 154 Å². The van der Waals surface area contributed by atoms with Gasteiger partial charge >= 0.3 is 0 Å². The number of nitrogens with zero attached hydrogens (tertiary/aromatic N) is 3. The van der Waals surface area contributed by atoms with Gasteiger partial charge in [0.1, 0.15) is 35.3 Å². The molecular weight excluding hydrogens is 354 g/mol. The maximum atomic E-state index is 10.3. The Morgan fingerprint density at radius 1 is 1.08 bits per heavy atom. The van der Waals surface area contributed by atoms with Crippen LogP contribution in [0.3, 0.4) is 0 Å². The predicted molar refractivity (Wildman–Crippen MR) is 96.5 cm³/mol. The Balaban J connectivity index is 1.61. The summed E-state index contributed by atoms with van der Waals surface area (Å²) in [5, 5.41) is 31.2. The van der Waals surface area contributed by atoms with Crippen LogP contribution in [0.25, 0.3) is 11.0 Å². The van der Waals surface area contributed by atoms with E-state index in [1.165, 1.54) is 11.9 Å². The second kappa shape index (κ2) is 7.34. The van der Waals surface area contributed by atoms with Gasteiger partial charge in [0, 0.05) is 11.9 Å². The number of hydrogen-bond donors (Lipinski definition) is 3. The molecule has 0 bridgehead atoms. The molecule has 0 saturated carbocycles. The smallest absolute Gasteiger partial charge is 0.164 e. The molecule has 1 aromatic carbocycles. The van der Waals surface area contributed by atoms with E-state index < -0.39 is 24.5 Å². The van der Waals surface area contributed by atoms with E-state index in [1.807, 2.05) is 24.3 Å². The maximum Gasteiger partial charge on any atom is 0.164 e. The molecule has 1 aliphatic heterocycles. The molecule has 1 fully saturated rings. The van der Waals surface area contributed by atoms with Crippen molar-refractivity contribution in [3.05, 3.63) is 54.5 Å². The van der Waals surface area contributed by atoms with Gasteiger partial charge in [0.15, 0.2) is 6.23 Å². The first-order valence-corrected chi connectivity index (χ1v) is 9.28. The van der Waals surface area contributed by atoms with E-state index in [1.54, 1.807) is 22.5 Å². The van der Waals surface area contributed by atoms with Crippen molar-refractivity contribution in [2.24, 2.45) is 0 Å². The lowest BCUT2D eigenvalue weighted by atomic mass is 10.1. The predicted octanol–water partition coefficient (Wildman–Crippen LogP) is 1.34. The SMILES string of the molecule is OC[C@@H]1O[C@H](n2ccc3c(SCc4ccccc4)ncnc32)[C@@H](O)[C@@H]1O. The van der Waals surface area contributed by atoms with Crippen LogP contribution in [0.5, 0.6) is 0 Å². The molecule has 4 atom stereocenters. The van der Waals surface area contributed by atoms with Crippen molar-refractivity contribution in [2.45, 2.75) is 35.3 Å². The quantitative estimate of drug-likeness (QED) is 0.458. The Morgan fingerprint density at radius 2 is 1.88 bits per heavy atom. The van der Waals surface area contributed by atoms with Gasteiger partial charge in [0.2, 0.25) is 0 Å². The van der Waals surface area contributed by atoms with Gasteiger partial charge in [0.25, 0.3) is 0 Å². The molecule has 0 aliphatic carbocycles. The number of aromatic nitrogens is 3. The van der Waals surface area contributed by atoms with Crippen LogP contribution in [-0.2, 0) is 10.5 Å². The number of benzene rings is 1. The summed E-state index contributed by atoms with van der Waals surface area (Å²) in [7, 11) is 0. The van der Waals surface area contributed by atoms with Gasteiger partial charge in [-0.05, 0) is 11.6 Å². The molecule has 0 radical (unpaired) electrons. The monoisotopic (exact) mass is 373 g/mol. The van der Waals surface area contributed by atoms with E-state index in [9.17, 15) is 15.3 Å². The van der Waals surface area contributed by atoms with Crippen molar-refractivity contribution in [3.8, 4) is 0 Å². The number of fused-ring (bicyclic) bond motifs is 1. The lowest BCUT2D eigenvalue weighted by molar-refractivity contribution is -0.0508. The number of aliphatic hydroxyl groups excluding tert-OH is 3. The molecule has 0 unspecified atom stereocenters. The van der Waals surface area contributed by atoms with Crippen molar-refractivity contribution in [1.29, 1.82) is 0 Å². The van der Waals surface area contributed by atoms with Crippen LogP contribution in [0.15, 0.2) is 53.9 Å². The van der Waals surface area contributed by atoms with Gasteiger partial charge in [-0.1, -0.05) is 30.3 Å². The van der Waals surface area contributed by atoms with Crippen molar-refractivity contribution in [3.63, 3.8) is 0 Å². The number of thioether (sulfide) groups is 1. The Kier molecular flexibility index (Phi) is 4.92. The van der Waals surface area contributed by atoms with Gasteiger partial charge in [-0.2, -0.15) is 0 Å². The first-order chi connectivity index (χ1) is 12.7. The van der Waals surface area contributed by atoms with E-state index >= 15 is 0 Å². The minimum atomic E-state index is -1.14. The average molecular weight is 373 g/mol. The fourth-order valence-corrected chi connectivity index (χ4v) is 4.04. The highest BCUT2D eigenvalue weighted by Gasteiger charge is 2.43. The number of aliphatic hydroxyl groups is 3. The second-order valence-corrected chi connectivity index (χ2v) is 7.11. The molecule has 26 heavy (non-hydrogen) atoms. The number of rotatable bonds is 5. The first-order valence-electron chi connectivity index (χ1n) is 8.29. The molecular formula is C18H19N3O4S. The summed E-state index contributed by atoms with van der Waals surface area (Å²) in [4.78, 5) is 8.69. The normalized spacial score (nSPS) is 25.8. The third-order valence-corrected chi connectivity index (χ3v) is 5.56. The highest BCUT2D eigenvalue weighted by atomic mass is 32.2. The molecule has 3 aromatic rings. The first kappa shape index (κ1) is 17.4. The summed E-state index contributed by atoms with van der Waals surface area (Å²) < 4.78 is 7.28. The standard InChI is InChI=1S/C18H19N3O4S/c22-8-13-14(23)15(24)18(25-13)21-7-6-12-16(21)19-10-20-17(12)26-9-11-4-2-1-3-5-11/h1-7,10,13-15,18,22-24H,8-9H2/t13-,14+,15-,18-/m0/s1. The summed E-state index contributed by atoms with van der Waals surface area (Å²) in [5.41, 5.74) is 1.82. The fourth-order valence-electron chi connectivity index (χ4n) is 3.10. The summed E-state index contributed by atoms with van der Waals surface area (Å²) in [6.45, 7) is -0.360. The largest absolute Gasteiger partial charge is 0.394 e.